The molecule has 0 aromatic heterocycles. The number of carbonyl (C=O) groups excluding carboxylic acids is 1. The summed E-state index contributed by atoms with van der Waals surface area (Å²) in [5, 5.41) is 0.656. The minimum absolute atomic E-state index is 0.128. The first-order valence-corrected chi connectivity index (χ1v) is 4.89. The summed E-state index contributed by atoms with van der Waals surface area (Å²) in [6, 6.07) is 6.97. The average Bonchev–Trinajstić information content (AvgIpc) is 2.15. The summed E-state index contributed by atoms with van der Waals surface area (Å²) in [6.45, 7) is 3.96. The Labute approximate surface area is 89.4 Å². The predicted octanol–water partition coefficient (Wildman–Crippen LogP) is 3.88. The number of hydrogen-bond acceptors (Lipinski definition) is 1. The summed E-state index contributed by atoms with van der Waals surface area (Å²) >= 11 is 5.72. The molecular weight excluding hydrogens is 196 g/mol. The summed E-state index contributed by atoms with van der Waals surface area (Å²) in [4.78, 5) is 11.6. The van der Waals surface area contributed by atoms with Crippen LogP contribution in [0.4, 0.5) is 0 Å². The maximum Gasteiger partial charge on any atom is 0.166 e. The lowest BCUT2D eigenvalue weighted by atomic mass is 10.1. The number of allylic oxidation sites excluding steroid dienone is 2. The van der Waals surface area contributed by atoms with Gasteiger partial charge in [-0.15, -0.1) is 0 Å². The smallest absolute Gasteiger partial charge is 0.166 e. The second-order valence-electron chi connectivity index (χ2n) is 3.42. The summed E-state index contributed by atoms with van der Waals surface area (Å²) in [5.41, 5.74) is 1.87. The first-order valence-electron chi connectivity index (χ1n) is 4.51. The molecule has 0 N–H and O–H groups in total. The highest BCUT2D eigenvalue weighted by molar-refractivity contribution is 6.30. The van der Waals surface area contributed by atoms with Gasteiger partial charge in [0.05, 0.1) is 0 Å². The summed E-state index contributed by atoms with van der Waals surface area (Å²) in [6.07, 6.45) is 2.39. The van der Waals surface area contributed by atoms with Gasteiger partial charge in [0.15, 0.2) is 5.78 Å². The predicted molar refractivity (Wildman–Crippen MR) is 59.8 cm³/mol. The van der Waals surface area contributed by atoms with E-state index in [0.717, 1.165) is 5.57 Å². The first-order chi connectivity index (χ1) is 6.59. The highest BCUT2D eigenvalue weighted by atomic mass is 35.5. The normalized spacial score (nSPS) is 9.64. The number of benzene rings is 1. The van der Waals surface area contributed by atoms with Crippen LogP contribution in [0.2, 0.25) is 5.02 Å². The highest BCUT2D eigenvalue weighted by Crippen LogP contribution is 2.11. The molecule has 0 aliphatic heterocycles. The Morgan fingerprint density at radius 3 is 2.36 bits per heavy atom. The second kappa shape index (κ2) is 4.97. The molecule has 0 saturated carbocycles. The number of carbonyl (C=O) groups is 1. The van der Waals surface area contributed by atoms with E-state index in [1.807, 2.05) is 19.9 Å². The molecule has 0 spiro atoms. The minimum Gasteiger partial charge on any atom is -0.294 e. The van der Waals surface area contributed by atoms with Gasteiger partial charge in [0.1, 0.15) is 0 Å². The number of rotatable bonds is 3. The molecule has 0 fully saturated rings. The molecule has 2 heteroatoms. The first kappa shape index (κ1) is 11.0. The Morgan fingerprint density at radius 2 is 1.86 bits per heavy atom. The maximum absolute atomic E-state index is 11.6. The number of hydrogen-bond donors (Lipinski definition) is 0. The maximum atomic E-state index is 11.6. The van der Waals surface area contributed by atoms with Crippen LogP contribution in [-0.4, -0.2) is 5.78 Å². The molecule has 1 aromatic rings. The Kier molecular flexibility index (Phi) is 3.90. The molecule has 0 aliphatic rings. The van der Waals surface area contributed by atoms with E-state index in [9.17, 15) is 4.79 Å². The molecule has 0 amide bonds. The van der Waals surface area contributed by atoms with Gasteiger partial charge in [-0.05, 0) is 38.1 Å². The highest BCUT2D eigenvalue weighted by Gasteiger charge is 2.02. The van der Waals surface area contributed by atoms with Gasteiger partial charge < -0.3 is 0 Å². The van der Waals surface area contributed by atoms with Crippen molar-refractivity contribution in [1.29, 1.82) is 0 Å². The van der Waals surface area contributed by atoms with E-state index in [4.69, 9.17) is 11.6 Å². The van der Waals surface area contributed by atoms with Gasteiger partial charge >= 0.3 is 0 Å². The van der Waals surface area contributed by atoms with Crippen LogP contribution in [0.15, 0.2) is 35.9 Å². The van der Waals surface area contributed by atoms with Crippen LogP contribution in [0.25, 0.3) is 0 Å². The van der Waals surface area contributed by atoms with E-state index in [1.54, 1.807) is 24.3 Å². The summed E-state index contributed by atoms with van der Waals surface area (Å²) < 4.78 is 0. The Bertz CT molecular complexity index is 345. The van der Waals surface area contributed by atoms with Crippen molar-refractivity contribution in [2.45, 2.75) is 20.3 Å². The van der Waals surface area contributed by atoms with Gasteiger partial charge in [0, 0.05) is 17.0 Å². The third-order valence-corrected chi connectivity index (χ3v) is 2.11. The van der Waals surface area contributed by atoms with Crippen molar-refractivity contribution in [2.75, 3.05) is 0 Å². The molecule has 0 heterocycles. The van der Waals surface area contributed by atoms with E-state index in [2.05, 4.69) is 0 Å². The van der Waals surface area contributed by atoms with Crippen LogP contribution in [-0.2, 0) is 0 Å². The van der Waals surface area contributed by atoms with Crippen molar-refractivity contribution >= 4 is 17.4 Å². The molecular formula is C12H13ClO. The molecule has 0 saturated heterocycles. The summed E-state index contributed by atoms with van der Waals surface area (Å²) in [5.74, 6) is 0.128. The van der Waals surface area contributed by atoms with E-state index in [1.165, 1.54) is 0 Å². The minimum atomic E-state index is 0.128. The quantitative estimate of drug-likeness (QED) is 0.544. The summed E-state index contributed by atoms with van der Waals surface area (Å²) in [7, 11) is 0. The van der Waals surface area contributed by atoms with Crippen LogP contribution in [0.5, 0.6) is 0 Å². The van der Waals surface area contributed by atoms with Gasteiger partial charge in [0.2, 0.25) is 0 Å². The van der Waals surface area contributed by atoms with E-state index in [0.29, 0.717) is 17.0 Å². The molecule has 1 aromatic carbocycles. The van der Waals surface area contributed by atoms with Gasteiger partial charge in [-0.1, -0.05) is 23.3 Å². The average molecular weight is 209 g/mol. The van der Waals surface area contributed by atoms with E-state index in [-0.39, 0.29) is 5.78 Å². The van der Waals surface area contributed by atoms with Gasteiger partial charge in [-0.3, -0.25) is 4.79 Å². The van der Waals surface area contributed by atoms with Gasteiger partial charge in [-0.2, -0.15) is 0 Å². The van der Waals surface area contributed by atoms with Gasteiger partial charge in [0.25, 0.3) is 0 Å². The largest absolute Gasteiger partial charge is 0.294 e. The molecule has 74 valence electrons. The van der Waals surface area contributed by atoms with Crippen molar-refractivity contribution < 1.29 is 4.79 Å². The van der Waals surface area contributed by atoms with Crippen LogP contribution >= 0.6 is 11.6 Å². The topological polar surface area (TPSA) is 17.1 Å². The molecule has 14 heavy (non-hydrogen) atoms. The fraction of sp³-hybridized carbons (Fsp3) is 0.250. The zero-order chi connectivity index (χ0) is 10.6. The standard InChI is InChI=1S/C12H13ClO/c1-9(2)3-8-12(14)10-4-6-11(13)7-5-10/h3-7H,8H2,1-2H3. The van der Waals surface area contributed by atoms with Crippen molar-refractivity contribution in [3.05, 3.63) is 46.5 Å². The Morgan fingerprint density at radius 1 is 1.29 bits per heavy atom. The van der Waals surface area contributed by atoms with Crippen molar-refractivity contribution in [3.63, 3.8) is 0 Å². The lowest BCUT2D eigenvalue weighted by molar-refractivity contribution is 0.0995. The molecule has 0 unspecified atom stereocenters. The fourth-order valence-corrected chi connectivity index (χ4v) is 1.18. The van der Waals surface area contributed by atoms with Gasteiger partial charge in [-0.25, -0.2) is 0 Å². The molecule has 1 rings (SSSR count). The molecule has 0 bridgehead atoms. The van der Waals surface area contributed by atoms with E-state index >= 15 is 0 Å². The molecule has 0 atom stereocenters. The lowest BCUT2D eigenvalue weighted by Gasteiger charge is -1.98. The molecule has 0 aliphatic carbocycles. The van der Waals surface area contributed by atoms with Crippen LogP contribution in [0.3, 0.4) is 0 Å². The number of ketones is 1. The number of halogens is 1. The third-order valence-electron chi connectivity index (χ3n) is 1.86. The SMILES string of the molecule is CC(C)=CCC(=O)c1ccc(Cl)cc1. The molecule has 0 radical (unpaired) electrons. The van der Waals surface area contributed by atoms with E-state index < -0.39 is 0 Å². The fourth-order valence-electron chi connectivity index (χ4n) is 1.05. The van der Waals surface area contributed by atoms with Crippen molar-refractivity contribution in [2.24, 2.45) is 0 Å². The zero-order valence-electron chi connectivity index (χ0n) is 8.38. The zero-order valence-corrected chi connectivity index (χ0v) is 9.14. The Balaban J connectivity index is 2.70. The Hall–Kier alpha value is -1.08. The van der Waals surface area contributed by atoms with Crippen LogP contribution < -0.4 is 0 Å². The second-order valence-corrected chi connectivity index (χ2v) is 3.85. The molecule has 1 nitrogen and oxygen atoms in total. The monoisotopic (exact) mass is 208 g/mol. The van der Waals surface area contributed by atoms with Crippen LogP contribution in [0.1, 0.15) is 30.6 Å². The number of Topliss-reactive ketones (excluding diaryl/α,β-unsaturated/α-hetero) is 1. The van der Waals surface area contributed by atoms with Crippen molar-refractivity contribution in [3.8, 4) is 0 Å². The van der Waals surface area contributed by atoms with Crippen LogP contribution in [0, 0.1) is 0 Å². The lowest BCUT2D eigenvalue weighted by Crippen LogP contribution is -1.96. The third kappa shape index (κ3) is 3.35. The van der Waals surface area contributed by atoms with Crippen molar-refractivity contribution in [1.82, 2.24) is 0 Å².